The molecule has 6 nitrogen and oxygen atoms in total. The lowest BCUT2D eigenvalue weighted by Gasteiger charge is -2.35. The van der Waals surface area contributed by atoms with E-state index in [1.165, 1.54) is 36.4 Å². The molecule has 1 unspecified atom stereocenters. The Morgan fingerprint density at radius 1 is 0.939 bits per heavy atom. The average Bonchev–Trinajstić information content (AvgIpc) is 2.79. The van der Waals surface area contributed by atoms with Gasteiger partial charge < -0.3 is 0 Å². The number of hydrogen-bond donors (Lipinski definition) is 1. The predicted molar refractivity (Wildman–Crippen MR) is 116 cm³/mol. The fourth-order valence-corrected chi connectivity index (χ4v) is 6.64. The molecule has 3 rings (SSSR count). The van der Waals surface area contributed by atoms with E-state index in [1.807, 2.05) is 0 Å². The number of carbonyl (C=O) groups excluding carboxylic acids is 1. The summed E-state index contributed by atoms with van der Waals surface area (Å²) < 4.78 is 89.7. The Bertz CT molecular complexity index is 1120. The van der Waals surface area contributed by atoms with E-state index in [4.69, 9.17) is 0 Å². The molecule has 0 saturated heterocycles. The van der Waals surface area contributed by atoms with Crippen LogP contribution in [0.3, 0.4) is 0 Å². The van der Waals surface area contributed by atoms with Crippen molar-refractivity contribution in [3.8, 4) is 0 Å². The maximum Gasteiger partial charge on any atom is 0.391 e. The third-order valence-corrected chi connectivity index (χ3v) is 9.20. The molecule has 0 heterocycles. The largest absolute Gasteiger partial charge is 0.391 e. The molecule has 1 aliphatic carbocycles. The van der Waals surface area contributed by atoms with E-state index in [0.29, 0.717) is 0 Å². The summed E-state index contributed by atoms with van der Waals surface area (Å²) in [7, 11) is -8.12. The van der Waals surface area contributed by atoms with Crippen LogP contribution in [0.25, 0.3) is 0 Å². The molecule has 180 valence electrons. The third-order valence-electron chi connectivity index (χ3n) is 6.05. The molecule has 0 aromatic heterocycles. The Kier molecular flexibility index (Phi) is 7.96. The molecule has 2 aromatic carbocycles. The Labute approximate surface area is 192 Å². The second-order valence-electron chi connectivity index (χ2n) is 8.05. The molecule has 0 radical (unpaired) electrons. The number of rotatable bonds is 8. The molecule has 0 bridgehead atoms. The maximum atomic E-state index is 13.3. The standard InChI is InChI=1S/C22H24F3NO5S2/c23-22(24,25)18-13-11-16(12-14-18)20(21(27)17-7-3-1-4-8-17)15-26(32(28)29)33(30,31)19-9-5-2-6-10-19/h1-10,16,18,20,32H,11-15H2. The van der Waals surface area contributed by atoms with E-state index in [2.05, 4.69) is 0 Å². The predicted octanol–water partition coefficient (Wildman–Crippen LogP) is 4.07. The minimum Gasteiger partial charge on any atom is -0.294 e. The van der Waals surface area contributed by atoms with Crippen LogP contribution < -0.4 is 0 Å². The molecular formula is C22H24F3NO5S2. The van der Waals surface area contributed by atoms with Crippen LogP contribution in [0, 0.1) is 17.8 Å². The fourth-order valence-electron chi connectivity index (χ4n) is 4.25. The summed E-state index contributed by atoms with van der Waals surface area (Å²) in [6.07, 6.45) is -4.64. The van der Waals surface area contributed by atoms with Crippen molar-refractivity contribution in [1.29, 1.82) is 0 Å². The highest BCUT2D eigenvalue weighted by atomic mass is 32.3. The van der Waals surface area contributed by atoms with Gasteiger partial charge in [0.1, 0.15) is 0 Å². The number of halogens is 3. The monoisotopic (exact) mass is 503 g/mol. The molecule has 1 saturated carbocycles. The van der Waals surface area contributed by atoms with Crippen molar-refractivity contribution in [2.24, 2.45) is 17.8 Å². The van der Waals surface area contributed by atoms with Crippen LogP contribution in [0.1, 0.15) is 36.0 Å². The molecule has 1 atom stereocenters. The van der Waals surface area contributed by atoms with E-state index >= 15 is 0 Å². The topological polar surface area (TPSA) is 88.6 Å². The van der Waals surface area contributed by atoms with Gasteiger partial charge in [0.2, 0.25) is 10.9 Å². The van der Waals surface area contributed by atoms with E-state index in [0.717, 1.165) is 0 Å². The van der Waals surface area contributed by atoms with Gasteiger partial charge in [-0.3, -0.25) is 4.79 Å². The number of nitrogens with zero attached hydrogens (tertiary/aromatic N) is 1. The van der Waals surface area contributed by atoms with Crippen molar-refractivity contribution in [2.45, 2.75) is 36.8 Å². The molecule has 11 heteroatoms. The number of alkyl halides is 3. The molecule has 0 N–H and O–H groups in total. The second kappa shape index (κ2) is 10.4. The summed E-state index contributed by atoms with van der Waals surface area (Å²) in [6, 6.07) is 14.9. The Morgan fingerprint density at radius 3 is 1.94 bits per heavy atom. The first-order valence-electron chi connectivity index (χ1n) is 10.4. The Balaban J connectivity index is 1.94. The zero-order chi connectivity index (χ0) is 24.2. The zero-order valence-corrected chi connectivity index (χ0v) is 19.2. The first kappa shape index (κ1) is 25.4. The van der Waals surface area contributed by atoms with E-state index < -0.39 is 57.2 Å². The highest BCUT2D eigenvalue weighted by molar-refractivity contribution is 7.97. The lowest BCUT2D eigenvalue weighted by atomic mass is 9.73. The number of thiol groups is 1. The maximum absolute atomic E-state index is 13.3. The van der Waals surface area contributed by atoms with E-state index in [1.54, 1.807) is 24.3 Å². The molecule has 33 heavy (non-hydrogen) atoms. The number of carbonyl (C=O) groups is 1. The quantitative estimate of drug-likeness (QED) is 0.433. The SMILES string of the molecule is O=C(c1ccccc1)C(CN([SH](=O)=O)S(=O)(=O)c1ccccc1)C1CCC(C(F)(F)F)CC1. The van der Waals surface area contributed by atoms with Crippen LogP contribution in [0.5, 0.6) is 0 Å². The van der Waals surface area contributed by atoms with Gasteiger partial charge in [0.25, 0.3) is 10.0 Å². The van der Waals surface area contributed by atoms with Crippen LogP contribution in [0.4, 0.5) is 13.2 Å². The number of ketones is 1. The van der Waals surface area contributed by atoms with Crippen LogP contribution in [-0.4, -0.2) is 39.1 Å². The second-order valence-corrected chi connectivity index (χ2v) is 11.1. The normalized spacial score (nSPS) is 20.6. The molecule has 0 spiro atoms. The number of hydrogen-bond acceptors (Lipinski definition) is 5. The van der Waals surface area contributed by atoms with Crippen LogP contribution in [0.2, 0.25) is 0 Å². The highest BCUT2D eigenvalue weighted by Crippen LogP contribution is 2.42. The van der Waals surface area contributed by atoms with Gasteiger partial charge in [0, 0.05) is 18.0 Å². The van der Waals surface area contributed by atoms with Gasteiger partial charge >= 0.3 is 6.18 Å². The van der Waals surface area contributed by atoms with Crippen molar-refractivity contribution in [1.82, 2.24) is 3.71 Å². The van der Waals surface area contributed by atoms with Gasteiger partial charge in [0.05, 0.1) is 10.8 Å². The summed E-state index contributed by atoms with van der Waals surface area (Å²) in [5.41, 5.74) is 0.249. The van der Waals surface area contributed by atoms with Crippen molar-refractivity contribution in [3.63, 3.8) is 0 Å². The number of benzene rings is 2. The average molecular weight is 504 g/mol. The Morgan fingerprint density at radius 2 is 1.45 bits per heavy atom. The Hall–Kier alpha value is -2.24. The highest BCUT2D eigenvalue weighted by Gasteiger charge is 2.44. The van der Waals surface area contributed by atoms with Crippen molar-refractivity contribution < 1.29 is 34.8 Å². The lowest BCUT2D eigenvalue weighted by molar-refractivity contribution is -0.184. The fraction of sp³-hybridized carbons (Fsp3) is 0.409. The van der Waals surface area contributed by atoms with Gasteiger partial charge in [-0.05, 0) is 43.7 Å². The van der Waals surface area contributed by atoms with E-state index in [9.17, 15) is 34.8 Å². The molecule has 0 aliphatic heterocycles. The summed E-state index contributed by atoms with van der Waals surface area (Å²) >= 11 is 0. The molecule has 1 aliphatic rings. The van der Waals surface area contributed by atoms with Gasteiger partial charge in [-0.1, -0.05) is 52.2 Å². The molecule has 0 amide bonds. The molecule has 1 fully saturated rings. The first-order valence-corrected chi connectivity index (χ1v) is 13.0. The lowest BCUT2D eigenvalue weighted by Crippen LogP contribution is -2.41. The van der Waals surface area contributed by atoms with Crippen molar-refractivity contribution >= 4 is 26.7 Å². The minimum absolute atomic E-state index is 0.0439. The summed E-state index contributed by atoms with van der Waals surface area (Å²) in [4.78, 5) is 13.0. The summed E-state index contributed by atoms with van der Waals surface area (Å²) in [5, 5.41) is 0. The van der Waals surface area contributed by atoms with Gasteiger partial charge in [-0.25, -0.2) is 16.8 Å². The zero-order valence-electron chi connectivity index (χ0n) is 17.5. The van der Waals surface area contributed by atoms with Crippen molar-refractivity contribution in [2.75, 3.05) is 6.54 Å². The number of Topliss-reactive ketones (excluding diaryl/α,β-unsaturated/α-hetero) is 1. The molecule has 2 aromatic rings. The summed E-state index contributed by atoms with van der Waals surface area (Å²) in [5.74, 6) is -3.66. The smallest absolute Gasteiger partial charge is 0.294 e. The summed E-state index contributed by atoms with van der Waals surface area (Å²) in [6.45, 7) is -0.662. The van der Waals surface area contributed by atoms with Crippen molar-refractivity contribution in [3.05, 3.63) is 66.2 Å². The van der Waals surface area contributed by atoms with Crippen LogP contribution in [0.15, 0.2) is 65.6 Å². The number of sulfonamides is 1. The minimum atomic E-state index is -4.48. The van der Waals surface area contributed by atoms with E-state index in [-0.39, 0.29) is 39.9 Å². The van der Waals surface area contributed by atoms with Crippen LogP contribution >= 0.6 is 0 Å². The molecular weight excluding hydrogens is 479 g/mol. The van der Waals surface area contributed by atoms with Gasteiger partial charge in [0.15, 0.2) is 5.78 Å². The van der Waals surface area contributed by atoms with Crippen LogP contribution in [-0.2, 0) is 20.9 Å². The first-order chi connectivity index (χ1) is 15.5. The van der Waals surface area contributed by atoms with Gasteiger partial charge in [-0.15, -0.1) is 0 Å². The third kappa shape index (κ3) is 6.01. The van der Waals surface area contributed by atoms with Gasteiger partial charge in [-0.2, -0.15) is 13.2 Å².